The van der Waals surface area contributed by atoms with Crippen molar-refractivity contribution in [2.45, 2.75) is 0 Å². The fraction of sp³-hybridized carbons (Fsp3) is 0. The predicted octanol–water partition coefficient (Wildman–Crippen LogP) is 10.4. The maximum absolute atomic E-state index is 6.52. The number of fused-ring (bicyclic) bond motifs is 3. The van der Waals surface area contributed by atoms with Crippen LogP contribution in [-0.4, -0.2) is 4.57 Å². The van der Waals surface area contributed by atoms with Crippen molar-refractivity contribution < 1.29 is 0 Å². The summed E-state index contributed by atoms with van der Waals surface area (Å²) in [6, 6.07) is 51.4. The van der Waals surface area contributed by atoms with Crippen LogP contribution in [0.3, 0.4) is 0 Å². The maximum Gasteiger partial charge on any atom is 0.0547 e. The first-order chi connectivity index (χ1) is 18.8. The van der Waals surface area contributed by atoms with E-state index in [-0.39, 0.29) is 0 Å². The molecule has 0 fully saturated rings. The minimum absolute atomic E-state index is 0.731. The molecule has 0 saturated heterocycles. The summed E-state index contributed by atoms with van der Waals surface area (Å²) in [6.45, 7) is 0. The maximum atomic E-state index is 6.52. The molecule has 38 heavy (non-hydrogen) atoms. The van der Waals surface area contributed by atoms with Gasteiger partial charge in [-0.15, -0.1) is 0 Å². The van der Waals surface area contributed by atoms with Gasteiger partial charge in [-0.2, -0.15) is 0 Å². The van der Waals surface area contributed by atoms with E-state index < -0.39 is 0 Å². The van der Waals surface area contributed by atoms with Crippen LogP contribution in [0.25, 0.3) is 60.9 Å². The molecule has 0 aliphatic carbocycles. The van der Waals surface area contributed by atoms with Gasteiger partial charge in [-0.3, -0.25) is 0 Å². The van der Waals surface area contributed by atoms with E-state index in [2.05, 4.69) is 138 Å². The van der Waals surface area contributed by atoms with Crippen molar-refractivity contribution in [3.05, 3.63) is 151 Å². The van der Waals surface area contributed by atoms with E-state index in [4.69, 9.17) is 11.6 Å². The van der Waals surface area contributed by atoms with Gasteiger partial charge in [0, 0.05) is 21.4 Å². The van der Waals surface area contributed by atoms with Gasteiger partial charge in [0.1, 0.15) is 0 Å². The number of rotatable bonds is 4. The SMILES string of the molecule is Clc1ccc(-c2ccccc2-n2c3ccccc3c3ccc(-c4ccccc4)cc32)c(-c2ccccc2)c1. The fourth-order valence-electron chi connectivity index (χ4n) is 5.54. The van der Waals surface area contributed by atoms with Crippen molar-refractivity contribution >= 4 is 33.4 Å². The van der Waals surface area contributed by atoms with E-state index in [1.54, 1.807) is 0 Å². The molecule has 2 heteroatoms. The van der Waals surface area contributed by atoms with Crippen LogP contribution < -0.4 is 0 Å². The number of halogens is 1. The van der Waals surface area contributed by atoms with E-state index in [0.29, 0.717) is 0 Å². The molecule has 0 amide bonds. The molecule has 0 saturated carbocycles. The molecule has 7 aromatic rings. The zero-order valence-electron chi connectivity index (χ0n) is 20.7. The average molecular weight is 506 g/mol. The average Bonchev–Trinajstić information content (AvgIpc) is 3.31. The van der Waals surface area contributed by atoms with Gasteiger partial charge in [0.2, 0.25) is 0 Å². The quantitative estimate of drug-likeness (QED) is 0.224. The number of nitrogens with zero attached hydrogens (tertiary/aromatic N) is 1. The second kappa shape index (κ2) is 9.37. The van der Waals surface area contributed by atoms with Crippen molar-refractivity contribution in [2.75, 3.05) is 0 Å². The largest absolute Gasteiger partial charge is 0.309 e. The van der Waals surface area contributed by atoms with E-state index in [0.717, 1.165) is 33.0 Å². The van der Waals surface area contributed by atoms with Gasteiger partial charge in [0.15, 0.2) is 0 Å². The van der Waals surface area contributed by atoms with Crippen LogP contribution in [0, 0.1) is 0 Å². The summed E-state index contributed by atoms with van der Waals surface area (Å²) in [6.07, 6.45) is 0. The number of hydrogen-bond donors (Lipinski definition) is 0. The lowest BCUT2D eigenvalue weighted by Crippen LogP contribution is -1.98. The Bertz CT molecular complexity index is 1920. The molecule has 0 radical (unpaired) electrons. The van der Waals surface area contributed by atoms with Gasteiger partial charge >= 0.3 is 0 Å². The first-order valence-electron chi connectivity index (χ1n) is 12.8. The second-order valence-corrected chi connectivity index (χ2v) is 9.96. The standard InChI is InChI=1S/C36H24ClN/c37-28-20-22-29(33(24-28)26-13-5-2-6-14-26)30-15-7-9-17-34(30)38-35-18-10-8-16-31(35)32-21-19-27(23-36(32)38)25-11-3-1-4-12-25/h1-24H. The summed E-state index contributed by atoms with van der Waals surface area (Å²) in [5.41, 5.74) is 10.5. The van der Waals surface area contributed by atoms with Crippen LogP contribution in [0.1, 0.15) is 0 Å². The molecule has 0 bridgehead atoms. The third-order valence-electron chi connectivity index (χ3n) is 7.28. The minimum atomic E-state index is 0.731. The van der Waals surface area contributed by atoms with E-state index in [9.17, 15) is 0 Å². The highest BCUT2D eigenvalue weighted by Crippen LogP contribution is 2.41. The number of aromatic nitrogens is 1. The van der Waals surface area contributed by atoms with Crippen LogP contribution in [0.4, 0.5) is 0 Å². The molecule has 0 unspecified atom stereocenters. The molecule has 1 heterocycles. The molecule has 0 aliphatic rings. The van der Waals surface area contributed by atoms with Crippen LogP contribution in [0.15, 0.2) is 146 Å². The van der Waals surface area contributed by atoms with Crippen LogP contribution in [0.2, 0.25) is 5.02 Å². The Balaban J connectivity index is 1.54. The lowest BCUT2D eigenvalue weighted by atomic mass is 9.93. The Morgan fingerprint density at radius 2 is 1.05 bits per heavy atom. The van der Waals surface area contributed by atoms with Crippen molar-refractivity contribution in [1.82, 2.24) is 4.57 Å². The zero-order chi connectivity index (χ0) is 25.5. The fourth-order valence-corrected chi connectivity index (χ4v) is 5.72. The lowest BCUT2D eigenvalue weighted by Gasteiger charge is -2.17. The third-order valence-corrected chi connectivity index (χ3v) is 7.52. The molecule has 6 aromatic carbocycles. The molecular formula is C36H24ClN. The second-order valence-electron chi connectivity index (χ2n) is 9.52. The number of hydrogen-bond acceptors (Lipinski definition) is 0. The van der Waals surface area contributed by atoms with Gasteiger partial charge in [-0.05, 0) is 58.1 Å². The highest BCUT2D eigenvalue weighted by Gasteiger charge is 2.18. The van der Waals surface area contributed by atoms with E-state index in [1.807, 2.05) is 12.1 Å². The first kappa shape index (κ1) is 22.6. The van der Waals surface area contributed by atoms with E-state index >= 15 is 0 Å². The van der Waals surface area contributed by atoms with Crippen molar-refractivity contribution in [3.63, 3.8) is 0 Å². The molecule has 0 spiro atoms. The number of benzene rings is 6. The third kappa shape index (κ3) is 3.80. The monoisotopic (exact) mass is 505 g/mol. The molecule has 7 rings (SSSR count). The summed E-state index contributed by atoms with van der Waals surface area (Å²) >= 11 is 6.52. The van der Waals surface area contributed by atoms with Crippen molar-refractivity contribution in [2.24, 2.45) is 0 Å². The first-order valence-corrected chi connectivity index (χ1v) is 13.2. The Labute approximate surface area is 227 Å². The van der Waals surface area contributed by atoms with Crippen LogP contribution in [-0.2, 0) is 0 Å². The molecule has 1 aromatic heterocycles. The van der Waals surface area contributed by atoms with Gasteiger partial charge in [-0.25, -0.2) is 0 Å². The Morgan fingerprint density at radius 3 is 1.87 bits per heavy atom. The normalized spacial score (nSPS) is 11.3. The summed E-state index contributed by atoms with van der Waals surface area (Å²) in [5, 5.41) is 3.22. The minimum Gasteiger partial charge on any atom is -0.309 e. The Kier molecular flexibility index (Phi) is 5.57. The van der Waals surface area contributed by atoms with Gasteiger partial charge < -0.3 is 4.57 Å². The van der Waals surface area contributed by atoms with Crippen LogP contribution >= 0.6 is 11.6 Å². The topological polar surface area (TPSA) is 4.93 Å². The molecule has 180 valence electrons. The van der Waals surface area contributed by atoms with Crippen molar-refractivity contribution in [3.8, 4) is 39.1 Å². The summed E-state index contributed by atoms with van der Waals surface area (Å²) in [4.78, 5) is 0. The molecule has 0 atom stereocenters. The smallest absolute Gasteiger partial charge is 0.0547 e. The predicted molar refractivity (Wildman–Crippen MR) is 162 cm³/mol. The highest BCUT2D eigenvalue weighted by atomic mass is 35.5. The highest BCUT2D eigenvalue weighted by molar-refractivity contribution is 6.31. The summed E-state index contributed by atoms with van der Waals surface area (Å²) in [5.74, 6) is 0. The Morgan fingerprint density at radius 1 is 0.395 bits per heavy atom. The zero-order valence-corrected chi connectivity index (χ0v) is 21.4. The molecule has 0 N–H and O–H groups in total. The van der Waals surface area contributed by atoms with Gasteiger partial charge in [0.25, 0.3) is 0 Å². The lowest BCUT2D eigenvalue weighted by molar-refractivity contribution is 1.18. The van der Waals surface area contributed by atoms with E-state index in [1.165, 1.54) is 32.9 Å². The van der Waals surface area contributed by atoms with Crippen molar-refractivity contribution in [1.29, 1.82) is 0 Å². The van der Waals surface area contributed by atoms with Crippen LogP contribution in [0.5, 0.6) is 0 Å². The number of para-hydroxylation sites is 2. The Hall–Kier alpha value is -4.59. The molecule has 0 aliphatic heterocycles. The summed E-state index contributed by atoms with van der Waals surface area (Å²) < 4.78 is 2.41. The molecule has 1 nitrogen and oxygen atoms in total. The van der Waals surface area contributed by atoms with Gasteiger partial charge in [-0.1, -0.05) is 127 Å². The molecular weight excluding hydrogens is 482 g/mol. The summed E-state index contributed by atoms with van der Waals surface area (Å²) in [7, 11) is 0. The van der Waals surface area contributed by atoms with Gasteiger partial charge in [0.05, 0.1) is 16.7 Å².